The van der Waals surface area contributed by atoms with E-state index < -0.39 is 0 Å². The van der Waals surface area contributed by atoms with Crippen LogP contribution in [0.15, 0.2) is 0 Å². The molecular weight excluding hydrogens is 302 g/mol. The minimum atomic E-state index is -0.249. The van der Waals surface area contributed by atoms with Gasteiger partial charge in [0.1, 0.15) is 12.2 Å². The summed E-state index contributed by atoms with van der Waals surface area (Å²) in [5.41, 5.74) is 0. The molecule has 2 saturated carbocycles. The van der Waals surface area contributed by atoms with Gasteiger partial charge in [-0.2, -0.15) is 11.8 Å². The highest BCUT2D eigenvalue weighted by Crippen LogP contribution is 2.48. The molecular formula is C16H23NO4S. The smallest absolute Gasteiger partial charge is 0.320 e. The van der Waals surface area contributed by atoms with Crippen molar-refractivity contribution in [3.8, 4) is 0 Å². The standard InChI is InChI=1S/C16H23NO4S/c18-14(9-17-1-3-22-4-2-17)21-15-11-5-10-6-12(8-11)20-16(19)13(15)7-10/h10-13,15H,1-9H2. The summed E-state index contributed by atoms with van der Waals surface area (Å²) in [4.78, 5) is 26.7. The second-order valence-electron chi connectivity index (χ2n) is 7.08. The zero-order valence-electron chi connectivity index (χ0n) is 12.7. The van der Waals surface area contributed by atoms with Crippen molar-refractivity contribution in [1.29, 1.82) is 0 Å². The van der Waals surface area contributed by atoms with E-state index in [0.717, 1.165) is 50.3 Å². The number of hydrogen-bond acceptors (Lipinski definition) is 6. The number of carbonyl (C=O) groups is 2. The lowest BCUT2D eigenvalue weighted by atomic mass is 9.66. The Labute approximate surface area is 135 Å². The molecule has 0 aromatic rings. The molecule has 0 aromatic carbocycles. The summed E-state index contributed by atoms with van der Waals surface area (Å²) >= 11 is 1.93. The number of fused-ring (bicyclic) bond motifs is 1. The Morgan fingerprint density at radius 2 is 2.05 bits per heavy atom. The predicted octanol–water partition coefficient (Wildman–Crippen LogP) is 1.31. The molecule has 0 spiro atoms. The van der Waals surface area contributed by atoms with Gasteiger partial charge in [0.25, 0.3) is 0 Å². The highest BCUT2D eigenvalue weighted by atomic mass is 32.2. The van der Waals surface area contributed by atoms with Crippen LogP contribution in [0, 0.1) is 17.8 Å². The van der Waals surface area contributed by atoms with Gasteiger partial charge in [-0.1, -0.05) is 0 Å². The first-order valence-corrected chi connectivity index (χ1v) is 9.54. The Bertz CT molecular complexity index is 465. The van der Waals surface area contributed by atoms with E-state index in [0.29, 0.717) is 18.4 Å². The van der Waals surface area contributed by atoms with Crippen LogP contribution < -0.4 is 0 Å². The molecule has 0 radical (unpaired) electrons. The molecule has 4 bridgehead atoms. The maximum atomic E-state index is 12.3. The summed E-state index contributed by atoms with van der Waals surface area (Å²) in [6.45, 7) is 2.26. The molecule has 5 unspecified atom stereocenters. The zero-order chi connectivity index (χ0) is 15.1. The van der Waals surface area contributed by atoms with Gasteiger partial charge in [0.2, 0.25) is 0 Å². The fourth-order valence-corrected chi connectivity index (χ4v) is 5.57. The molecule has 0 N–H and O–H groups in total. The van der Waals surface area contributed by atoms with E-state index in [1.54, 1.807) is 0 Å². The monoisotopic (exact) mass is 325 g/mol. The third-order valence-corrected chi connectivity index (χ3v) is 6.50. The van der Waals surface area contributed by atoms with E-state index in [9.17, 15) is 9.59 Å². The molecule has 22 heavy (non-hydrogen) atoms. The normalized spacial score (nSPS) is 41.1. The van der Waals surface area contributed by atoms with Crippen molar-refractivity contribution in [3.63, 3.8) is 0 Å². The predicted molar refractivity (Wildman–Crippen MR) is 82.5 cm³/mol. The quantitative estimate of drug-likeness (QED) is 0.729. The van der Waals surface area contributed by atoms with Crippen molar-refractivity contribution in [2.24, 2.45) is 17.8 Å². The van der Waals surface area contributed by atoms with E-state index in [4.69, 9.17) is 9.47 Å². The Morgan fingerprint density at radius 1 is 1.23 bits per heavy atom. The van der Waals surface area contributed by atoms with Crippen molar-refractivity contribution in [2.45, 2.75) is 37.9 Å². The highest BCUT2D eigenvalue weighted by molar-refractivity contribution is 7.99. The molecule has 3 heterocycles. The molecule has 3 aliphatic heterocycles. The van der Waals surface area contributed by atoms with Gasteiger partial charge < -0.3 is 9.47 Å². The topological polar surface area (TPSA) is 55.8 Å². The van der Waals surface area contributed by atoms with Crippen LogP contribution >= 0.6 is 11.8 Å². The number of carbonyl (C=O) groups excluding carboxylic acids is 2. The van der Waals surface area contributed by atoms with Gasteiger partial charge >= 0.3 is 11.9 Å². The molecule has 5 nitrogen and oxygen atoms in total. The SMILES string of the molecule is O=C(CN1CCSCC1)OC1C2CC3CC(C2)OC(=O)C1C3. The molecule has 3 saturated heterocycles. The van der Waals surface area contributed by atoms with Crippen molar-refractivity contribution >= 4 is 23.7 Å². The van der Waals surface area contributed by atoms with Gasteiger partial charge in [0.15, 0.2) is 0 Å². The molecule has 0 amide bonds. The minimum absolute atomic E-state index is 0.0593. The number of esters is 2. The average Bonchev–Trinajstić information content (AvgIpc) is 2.65. The van der Waals surface area contributed by atoms with Crippen LogP contribution in [0.4, 0.5) is 0 Å². The number of rotatable bonds is 3. The summed E-state index contributed by atoms with van der Waals surface area (Å²) in [7, 11) is 0. The Hall–Kier alpha value is -0.750. The van der Waals surface area contributed by atoms with Crippen molar-refractivity contribution in [2.75, 3.05) is 31.1 Å². The second-order valence-corrected chi connectivity index (χ2v) is 8.30. The van der Waals surface area contributed by atoms with Crippen LogP contribution in [0.5, 0.6) is 0 Å². The van der Waals surface area contributed by atoms with Gasteiger partial charge in [0, 0.05) is 30.5 Å². The number of nitrogens with zero attached hydrogens (tertiary/aromatic N) is 1. The fourth-order valence-electron chi connectivity index (χ4n) is 4.60. The lowest BCUT2D eigenvalue weighted by molar-refractivity contribution is -0.165. The molecule has 5 aliphatic rings. The first-order valence-electron chi connectivity index (χ1n) is 8.39. The second kappa shape index (κ2) is 6.04. The van der Waals surface area contributed by atoms with Crippen LogP contribution in [0.3, 0.4) is 0 Å². The van der Waals surface area contributed by atoms with E-state index in [1.165, 1.54) is 0 Å². The summed E-state index contributed by atoms with van der Waals surface area (Å²) < 4.78 is 11.3. The van der Waals surface area contributed by atoms with Crippen LogP contribution in [0.2, 0.25) is 0 Å². The Morgan fingerprint density at radius 3 is 2.86 bits per heavy atom. The van der Waals surface area contributed by atoms with Crippen molar-refractivity contribution in [1.82, 2.24) is 4.90 Å². The Kier molecular flexibility index (Phi) is 4.07. The molecule has 122 valence electrons. The van der Waals surface area contributed by atoms with Crippen LogP contribution in [-0.2, 0) is 19.1 Å². The number of hydrogen-bond donors (Lipinski definition) is 0. The summed E-state index contributed by atoms with van der Waals surface area (Å²) in [5, 5.41) is 0. The first kappa shape index (κ1) is 14.8. The Balaban J connectivity index is 1.41. The summed E-state index contributed by atoms with van der Waals surface area (Å²) in [5.74, 6) is 2.52. The maximum Gasteiger partial charge on any atom is 0.320 e. The van der Waals surface area contributed by atoms with Crippen LogP contribution in [0.25, 0.3) is 0 Å². The van der Waals surface area contributed by atoms with Gasteiger partial charge in [-0.3, -0.25) is 14.5 Å². The fraction of sp³-hybridized carbons (Fsp3) is 0.875. The van der Waals surface area contributed by atoms with Crippen molar-refractivity contribution < 1.29 is 19.1 Å². The van der Waals surface area contributed by atoms with Crippen LogP contribution in [0.1, 0.15) is 25.7 Å². The lowest BCUT2D eigenvalue weighted by Crippen LogP contribution is -2.46. The minimum Gasteiger partial charge on any atom is -0.462 e. The summed E-state index contributed by atoms with van der Waals surface area (Å²) in [6, 6.07) is 0. The van der Waals surface area contributed by atoms with E-state index in [2.05, 4.69) is 4.90 Å². The summed E-state index contributed by atoms with van der Waals surface area (Å²) in [6.07, 6.45) is 3.61. The highest BCUT2D eigenvalue weighted by Gasteiger charge is 2.52. The molecule has 5 fully saturated rings. The lowest BCUT2D eigenvalue weighted by Gasteiger charge is -2.41. The number of thioether (sulfide) groups is 1. The van der Waals surface area contributed by atoms with Gasteiger partial charge in [-0.05, 0) is 31.6 Å². The van der Waals surface area contributed by atoms with E-state index >= 15 is 0 Å². The van der Waals surface area contributed by atoms with Gasteiger partial charge in [-0.25, -0.2) is 0 Å². The third-order valence-electron chi connectivity index (χ3n) is 5.56. The van der Waals surface area contributed by atoms with Gasteiger partial charge in [0.05, 0.1) is 12.5 Å². The molecule has 2 aliphatic carbocycles. The average molecular weight is 325 g/mol. The van der Waals surface area contributed by atoms with Crippen LogP contribution in [-0.4, -0.2) is 60.2 Å². The molecule has 5 rings (SSSR count). The van der Waals surface area contributed by atoms with Gasteiger partial charge in [-0.15, -0.1) is 0 Å². The zero-order valence-corrected chi connectivity index (χ0v) is 13.6. The largest absolute Gasteiger partial charge is 0.462 e. The first-order chi connectivity index (χ1) is 10.7. The van der Waals surface area contributed by atoms with E-state index in [1.807, 2.05) is 11.8 Å². The molecule has 5 atom stereocenters. The third kappa shape index (κ3) is 2.87. The molecule has 6 heteroatoms. The maximum absolute atomic E-state index is 12.3. The van der Waals surface area contributed by atoms with E-state index in [-0.39, 0.29) is 30.1 Å². The van der Waals surface area contributed by atoms with Crippen molar-refractivity contribution in [3.05, 3.63) is 0 Å². The molecule has 0 aromatic heterocycles. The number of ether oxygens (including phenoxy) is 2.